The number of hydrogen-bond donors (Lipinski definition) is 2. The fourth-order valence-electron chi connectivity index (χ4n) is 5.61. The van der Waals surface area contributed by atoms with Crippen molar-refractivity contribution in [1.82, 2.24) is 20.6 Å². The second kappa shape index (κ2) is 10.5. The van der Waals surface area contributed by atoms with Gasteiger partial charge in [0.25, 0.3) is 11.8 Å². The average Bonchev–Trinajstić information content (AvgIpc) is 3.50. The molecule has 6 aromatic rings. The highest BCUT2D eigenvalue weighted by Crippen LogP contribution is 2.47. The summed E-state index contributed by atoms with van der Waals surface area (Å²) in [5.74, 6) is -1.38. The van der Waals surface area contributed by atoms with Crippen LogP contribution in [0.3, 0.4) is 0 Å². The summed E-state index contributed by atoms with van der Waals surface area (Å²) >= 11 is 0. The molecule has 0 unspecified atom stereocenters. The standard InChI is InChI=1S/C34H26F2N4O5/c1-17-14-26(43-3)22(31(41)40-34(11-12-34)33-39-23-16-38-13-10-24(23)45-33)15-21(17)20-8-9-25-27(29(20)36)28(32(42)37-2)30(44-25)18-4-6-19(35)7-5-18/h4-10,13-16H,11-12H2,1-3H3,(H,37,42)(H,40,41). The fraction of sp³-hybridized carbons (Fsp3) is 0.176. The third-order valence-corrected chi connectivity index (χ3v) is 8.14. The number of fused-ring (bicyclic) bond motifs is 2. The molecule has 45 heavy (non-hydrogen) atoms. The Morgan fingerprint density at radius 1 is 0.956 bits per heavy atom. The van der Waals surface area contributed by atoms with E-state index in [1.54, 1.807) is 43.6 Å². The summed E-state index contributed by atoms with van der Waals surface area (Å²) in [5, 5.41) is 5.56. The van der Waals surface area contributed by atoms with Crippen LogP contribution in [0.25, 0.3) is 44.5 Å². The van der Waals surface area contributed by atoms with E-state index in [2.05, 4.69) is 20.6 Å². The highest BCUT2D eigenvalue weighted by atomic mass is 19.1. The summed E-state index contributed by atoms with van der Waals surface area (Å²) in [6.07, 6.45) is 4.46. The number of halogens is 2. The topological polar surface area (TPSA) is 119 Å². The molecule has 1 saturated carbocycles. The van der Waals surface area contributed by atoms with Crippen molar-refractivity contribution >= 4 is 33.9 Å². The number of aryl methyl sites for hydroxylation is 1. The van der Waals surface area contributed by atoms with Crippen molar-refractivity contribution in [2.24, 2.45) is 0 Å². The lowest BCUT2D eigenvalue weighted by atomic mass is 9.94. The highest BCUT2D eigenvalue weighted by Gasteiger charge is 2.50. The summed E-state index contributed by atoms with van der Waals surface area (Å²) in [4.78, 5) is 35.4. The van der Waals surface area contributed by atoms with Crippen LogP contribution in [0.15, 0.2) is 75.8 Å². The van der Waals surface area contributed by atoms with Gasteiger partial charge < -0.3 is 24.2 Å². The first-order valence-electron chi connectivity index (χ1n) is 14.2. The predicted molar refractivity (Wildman–Crippen MR) is 162 cm³/mol. The van der Waals surface area contributed by atoms with Gasteiger partial charge in [0.15, 0.2) is 5.58 Å². The predicted octanol–water partition coefficient (Wildman–Crippen LogP) is 6.68. The van der Waals surface area contributed by atoms with E-state index in [9.17, 15) is 14.0 Å². The molecule has 0 radical (unpaired) electrons. The van der Waals surface area contributed by atoms with Crippen molar-refractivity contribution in [3.8, 4) is 28.2 Å². The maximum absolute atomic E-state index is 16.5. The van der Waals surface area contributed by atoms with Crippen LogP contribution in [-0.4, -0.2) is 35.9 Å². The number of hydrogen-bond acceptors (Lipinski definition) is 7. The van der Waals surface area contributed by atoms with Crippen LogP contribution in [-0.2, 0) is 5.54 Å². The molecule has 1 fully saturated rings. The van der Waals surface area contributed by atoms with Gasteiger partial charge in [0.05, 0.1) is 29.8 Å². The summed E-state index contributed by atoms with van der Waals surface area (Å²) in [7, 11) is 2.89. The first-order chi connectivity index (χ1) is 21.7. The third-order valence-electron chi connectivity index (χ3n) is 8.14. The number of furan rings is 1. The molecule has 3 aromatic carbocycles. The Bertz CT molecular complexity index is 2120. The second-order valence-corrected chi connectivity index (χ2v) is 11.0. The molecule has 1 aliphatic carbocycles. The van der Waals surface area contributed by atoms with Crippen molar-refractivity contribution in [3.05, 3.63) is 101 Å². The number of benzene rings is 3. The number of oxazole rings is 1. The van der Waals surface area contributed by atoms with Crippen molar-refractivity contribution in [1.29, 1.82) is 0 Å². The molecule has 2 N–H and O–H groups in total. The molecule has 0 aliphatic heterocycles. The number of nitrogens with zero attached hydrogens (tertiary/aromatic N) is 2. The van der Waals surface area contributed by atoms with Gasteiger partial charge in [0, 0.05) is 30.4 Å². The van der Waals surface area contributed by atoms with E-state index < -0.39 is 29.0 Å². The Labute approximate surface area is 255 Å². The van der Waals surface area contributed by atoms with Crippen molar-refractivity contribution in [3.63, 3.8) is 0 Å². The number of nitrogens with one attached hydrogen (secondary N) is 2. The van der Waals surface area contributed by atoms with Crippen LogP contribution in [0, 0.1) is 18.6 Å². The van der Waals surface area contributed by atoms with E-state index in [0.717, 1.165) is 0 Å². The van der Waals surface area contributed by atoms with Gasteiger partial charge in [-0.1, -0.05) is 0 Å². The average molecular weight is 609 g/mol. The fourth-order valence-corrected chi connectivity index (χ4v) is 5.61. The third kappa shape index (κ3) is 4.67. The Morgan fingerprint density at radius 3 is 2.42 bits per heavy atom. The van der Waals surface area contributed by atoms with Gasteiger partial charge >= 0.3 is 0 Å². The molecule has 7 rings (SSSR count). The quantitative estimate of drug-likeness (QED) is 0.208. The molecular formula is C34H26F2N4O5. The smallest absolute Gasteiger partial charge is 0.255 e. The molecule has 0 atom stereocenters. The van der Waals surface area contributed by atoms with Gasteiger partial charge in [-0.25, -0.2) is 13.8 Å². The zero-order valence-corrected chi connectivity index (χ0v) is 24.5. The largest absolute Gasteiger partial charge is 0.496 e. The molecule has 0 spiro atoms. The van der Waals surface area contributed by atoms with Crippen molar-refractivity contribution < 1.29 is 31.9 Å². The zero-order chi connectivity index (χ0) is 31.5. The molecule has 3 aromatic heterocycles. The van der Waals surface area contributed by atoms with Gasteiger partial charge in [-0.05, 0) is 79.4 Å². The summed E-state index contributed by atoms with van der Waals surface area (Å²) < 4.78 is 47.6. The molecule has 0 bridgehead atoms. The van der Waals surface area contributed by atoms with E-state index in [1.807, 2.05) is 0 Å². The number of carbonyl (C=O) groups excluding carboxylic acids is 2. The lowest BCUT2D eigenvalue weighted by Gasteiger charge is -2.18. The summed E-state index contributed by atoms with van der Waals surface area (Å²) in [5.41, 5.74) is 2.31. The number of amides is 2. The van der Waals surface area contributed by atoms with Gasteiger partial charge in [0.2, 0.25) is 5.89 Å². The maximum Gasteiger partial charge on any atom is 0.255 e. The Kier molecular flexibility index (Phi) is 6.61. The highest BCUT2D eigenvalue weighted by molar-refractivity contribution is 6.12. The normalized spacial score (nSPS) is 13.6. The van der Waals surface area contributed by atoms with Crippen molar-refractivity contribution in [2.75, 3.05) is 14.2 Å². The van der Waals surface area contributed by atoms with E-state index >= 15 is 4.39 Å². The van der Waals surface area contributed by atoms with Crippen LogP contribution in [0.5, 0.6) is 5.75 Å². The number of aromatic nitrogens is 2. The van der Waals surface area contributed by atoms with Crippen LogP contribution in [0.4, 0.5) is 8.78 Å². The second-order valence-electron chi connectivity index (χ2n) is 11.0. The van der Waals surface area contributed by atoms with Gasteiger partial charge in [-0.3, -0.25) is 14.6 Å². The zero-order valence-electron chi connectivity index (χ0n) is 24.5. The monoisotopic (exact) mass is 608 g/mol. The Morgan fingerprint density at radius 2 is 1.73 bits per heavy atom. The van der Waals surface area contributed by atoms with Crippen molar-refractivity contribution in [2.45, 2.75) is 25.3 Å². The number of ether oxygens (including phenoxy) is 1. The molecule has 3 heterocycles. The van der Waals surface area contributed by atoms with Crippen LogP contribution in [0.2, 0.25) is 0 Å². The minimum atomic E-state index is -0.785. The summed E-state index contributed by atoms with van der Waals surface area (Å²) in [6.45, 7) is 1.77. The molecule has 2 amide bonds. The lowest BCUT2D eigenvalue weighted by molar-refractivity contribution is 0.0919. The van der Waals surface area contributed by atoms with E-state index in [1.165, 1.54) is 44.5 Å². The molecule has 1 aliphatic rings. The van der Waals surface area contributed by atoms with Gasteiger partial charge in [0.1, 0.15) is 39.8 Å². The Hall–Kier alpha value is -5.58. The van der Waals surface area contributed by atoms with Crippen LogP contribution < -0.4 is 15.4 Å². The van der Waals surface area contributed by atoms with E-state index in [-0.39, 0.29) is 33.4 Å². The lowest BCUT2D eigenvalue weighted by Crippen LogP contribution is -2.35. The van der Waals surface area contributed by atoms with Crippen LogP contribution in [0.1, 0.15) is 45.0 Å². The number of carbonyl (C=O) groups is 2. The summed E-state index contributed by atoms with van der Waals surface area (Å²) in [6, 6.07) is 13.4. The van der Waals surface area contributed by atoms with E-state index in [0.29, 0.717) is 52.3 Å². The Balaban J connectivity index is 1.31. The molecule has 9 nitrogen and oxygen atoms in total. The van der Waals surface area contributed by atoms with Gasteiger partial charge in [-0.2, -0.15) is 0 Å². The first kappa shape index (κ1) is 28.2. The number of pyridine rings is 1. The molecule has 0 saturated heterocycles. The number of rotatable bonds is 7. The SMILES string of the molecule is CNC(=O)c1c(-c2ccc(F)cc2)oc2ccc(-c3cc(C(=O)NC4(c5nc6cnccc6o5)CC4)c(OC)cc3C)c(F)c12. The first-order valence-corrected chi connectivity index (χ1v) is 14.2. The maximum atomic E-state index is 16.5. The van der Waals surface area contributed by atoms with Gasteiger partial charge in [-0.15, -0.1) is 0 Å². The molecular weight excluding hydrogens is 582 g/mol. The minimum Gasteiger partial charge on any atom is -0.496 e. The van der Waals surface area contributed by atoms with Crippen LogP contribution >= 0.6 is 0 Å². The number of methoxy groups -OCH3 is 1. The molecule has 226 valence electrons. The minimum absolute atomic E-state index is 0.0215. The van der Waals surface area contributed by atoms with E-state index in [4.69, 9.17) is 13.6 Å². The molecule has 11 heteroatoms.